The lowest BCUT2D eigenvalue weighted by Gasteiger charge is -2.15. The van der Waals surface area contributed by atoms with Crippen molar-refractivity contribution in [1.29, 1.82) is 0 Å². The maximum atomic E-state index is 14.8. The van der Waals surface area contributed by atoms with Crippen LogP contribution in [0, 0.1) is 0 Å². The highest BCUT2D eigenvalue weighted by Crippen LogP contribution is 2.52. The third-order valence-electron chi connectivity index (χ3n) is 6.67. The van der Waals surface area contributed by atoms with E-state index in [9.17, 15) is 4.57 Å². The normalized spacial score (nSPS) is 16.3. The predicted molar refractivity (Wildman–Crippen MR) is 156 cm³/mol. The molecule has 0 unspecified atom stereocenters. The van der Waals surface area contributed by atoms with Gasteiger partial charge in [-0.2, -0.15) is 0 Å². The molecule has 0 spiro atoms. The number of benzene rings is 5. The fourth-order valence-electron chi connectivity index (χ4n) is 4.85. The van der Waals surface area contributed by atoms with E-state index in [1.165, 1.54) is 0 Å². The zero-order valence-electron chi connectivity index (χ0n) is 19.8. The van der Waals surface area contributed by atoms with Crippen molar-refractivity contribution in [3.05, 3.63) is 150 Å². The highest BCUT2D eigenvalue weighted by atomic mass is 31.2. The Balaban J connectivity index is 1.47. The van der Waals surface area contributed by atoms with Crippen molar-refractivity contribution in [2.24, 2.45) is 0 Å². The fraction of sp³-hybridized carbons (Fsp3) is 0. The van der Waals surface area contributed by atoms with E-state index < -0.39 is 7.14 Å². The maximum absolute atomic E-state index is 14.8. The second-order valence-corrected chi connectivity index (χ2v) is 11.7. The Morgan fingerprint density at radius 2 is 0.806 bits per heavy atom. The van der Waals surface area contributed by atoms with Crippen molar-refractivity contribution in [3.63, 3.8) is 0 Å². The van der Waals surface area contributed by atoms with Crippen molar-refractivity contribution in [2.45, 2.75) is 0 Å². The van der Waals surface area contributed by atoms with Crippen LogP contribution in [-0.4, -0.2) is 0 Å². The molecule has 36 heavy (non-hydrogen) atoms. The topological polar surface area (TPSA) is 17.1 Å². The van der Waals surface area contributed by atoms with Crippen LogP contribution in [0.2, 0.25) is 0 Å². The molecule has 0 aliphatic carbocycles. The predicted octanol–water partition coefficient (Wildman–Crippen LogP) is 7.65. The number of rotatable bonds is 5. The molecule has 1 aliphatic heterocycles. The smallest absolute Gasteiger partial charge is 0.172 e. The van der Waals surface area contributed by atoms with Gasteiger partial charge in [0.1, 0.15) is 0 Å². The van der Waals surface area contributed by atoms with Crippen molar-refractivity contribution < 1.29 is 4.57 Å². The first-order valence-electron chi connectivity index (χ1n) is 12.1. The first-order chi connectivity index (χ1) is 17.7. The summed E-state index contributed by atoms with van der Waals surface area (Å²) in [4.78, 5) is 0. The largest absolute Gasteiger partial charge is 0.309 e. The molecule has 2 heteroatoms. The number of hydrogen-bond acceptors (Lipinski definition) is 1. The van der Waals surface area contributed by atoms with Gasteiger partial charge in [-0.25, -0.2) is 0 Å². The Morgan fingerprint density at radius 3 is 1.25 bits per heavy atom. The van der Waals surface area contributed by atoms with Crippen LogP contribution in [0.4, 0.5) is 0 Å². The zero-order valence-corrected chi connectivity index (χ0v) is 20.7. The minimum Gasteiger partial charge on any atom is -0.309 e. The van der Waals surface area contributed by atoms with Crippen LogP contribution in [0.15, 0.2) is 127 Å². The van der Waals surface area contributed by atoms with Crippen molar-refractivity contribution >= 4 is 47.4 Å². The van der Waals surface area contributed by atoms with E-state index in [4.69, 9.17) is 0 Å². The van der Waals surface area contributed by atoms with Crippen LogP contribution in [0.1, 0.15) is 22.3 Å². The van der Waals surface area contributed by atoms with E-state index in [-0.39, 0.29) is 0 Å². The lowest BCUT2D eigenvalue weighted by molar-refractivity contribution is 0.593. The van der Waals surface area contributed by atoms with E-state index in [2.05, 4.69) is 85.0 Å². The Kier molecular flexibility index (Phi) is 5.85. The maximum Gasteiger partial charge on any atom is 0.172 e. The standard InChI is InChI=1S/C34H25OP/c35-36(30-14-8-3-9-15-30)33-22-20-28(18-16-26-10-4-1-5-11-26)24-31(33)32-25-29(21-23-34(32)36)19-17-27-12-6-2-7-13-27/h1-25H. The second-order valence-electron chi connectivity index (χ2n) is 8.99. The first kappa shape index (κ1) is 22.3. The summed E-state index contributed by atoms with van der Waals surface area (Å²) in [6.45, 7) is 0. The highest BCUT2D eigenvalue weighted by Gasteiger charge is 2.40. The van der Waals surface area contributed by atoms with Gasteiger partial charge >= 0.3 is 0 Å². The molecule has 1 aliphatic rings. The Labute approximate surface area is 212 Å². The van der Waals surface area contributed by atoms with Gasteiger partial charge < -0.3 is 4.57 Å². The molecular weight excluding hydrogens is 455 g/mol. The molecule has 6 rings (SSSR count). The zero-order chi connectivity index (χ0) is 24.4. The Hall–Kier alpha value is -4.19. The summed E-state index contributed by atoms with van der Waals surface area (Å²) >= 11 is 0. The van der Waals surface area contributed by atoms with E-state index in [1.807, 2.05) is 66.7 Å². The van der Waals surface area contributed by atoms with Gasteiger partial charge in [0, 0.05) is 15.9 Å². The third-order valence-corrected chi connectivity index (χ3v) is 9.83. The molecule has 5 aromatic rings. The molecule has 0 saturated carbocycles. The van der Waals surface area contributed by atoms with Gasteiger partial charge in [-0.3, -0.25) is 0 Å². The molecule has 0 fully saturated rings. The van der Waals surface area contributed by atoms with Crippen molar-refractivity contribution in [3.8, 4) is 11.1 Å². The van der Waals surface area contributed by atoms with Crippen LogP contribution in [0.5, 0.6) is 0 Å². The number of fused-ring (bicyclic) bond motifs is 3. The summed E-state index contributed by atoms with van der Waals surface area (Å²) in [5.41, 5.74) is 6.61. The first-order valence-corrected chi connectivity index (χ1v) is 13.8. The summed E-state index contributed by atoms with van der Waals surface area (Å²) < 4.78 is 14.8. The van der Waals surface area contributed by atoms with Gasteiger partial charge in [0.05, 0.1) is 0 Å². The monoisotopic (exact) mass is 480 g/mol. The molecule has 0 amide bonds. The molecule has 1 heterocycles. The molecular formula is C34H25OP. The quantitative estimate of drug-likeness (QED) is 0.183. The highest BCUT2D eigenvalue weighted by molar-refractivity contribution is 7.86. The van der Waals surface area contributed by atoms with E-state index in [0.29, 0.717) is 0 Å². The van der Waals surface area contributed by atoms with Gasteiger partial charge in [0.25, 0.3) is 0 Å². The van der Waals surface area contributed by atoms with Gasteiger partial charge in [-0.05, 0) is 57.6 Å². The molecule has 0 bridgehead atoms. The molecule has 172 valence electrons. The van der Waals surface area contributed by atoms with Gasteiger partial charge in [0.2, 0.25) is 0 Å². The van der Waals surface area contributed by atoms with Crippen LogP contribution >= 0.6 is 7.14 Å². The summed E-state index contributed by atoms with van der Waals surface area (Å²) in [6.07, 6.45) is 8.49. The lowest BCUT2D eigenvalue weighted by atomic mass is 10.00. The summed E-state index contributed by atoms with van der Waals surface area (Å²) in [5.74, 6) is 0. The summed E-state index contributed by atoms with van der Waals surface area (Å²) in [5, 5.41) is 2.72. The van der Waals surface area contributed by atoms with Crippen LogP contribution < -0.4 is 15.9 Å². The third kappa shape index (κ3) is 4.09. The molecule has 0 saturated heterocycles. The fourth-order valence-corrected chi connectivity index (χ4v) is 7.88. The van der Waals surface area contributed by atoms with Crippen LogP contribution in [0.3, 0.4) is 0 Å². The Morgan fingerprint density at radius 1 is 0.417 bits per heavy atom. The number of hydrogen-bond donors (Lipinski definition) is 0. The van der Waals surface area contributed by atoms with Gasteiger partial charge in [-0.1, -0.05) is 127 Å². The summed E-state index contributed by atoms with van der Waals surface area (Å²) in [7, 11) is -2.94. The van der Waals surface area contributed by atoms with E-state index >= 15 is 0 Å². The molecule has 1 nitrogen and oxygen atoms in total. The van der Waals surface area contributed by atoms with Crippen molar-refractivity contribution in [1.82, 2.24) is 0 Å². The molecule has 5 aromatic carbocycles. The average Bonchev–Trinajstić information content (AvgIpc) is 3.20. The van der Waals surface area contributed by atoms with E-state index in [1.54, 1.807) is 0 Å². The molecule has 0 atom stereocenters. The molecule has 0 radical (unpaired) electrons. The average molecular weight is 481 g/mol. The van der Waals surface area contributed by atoms with Gasteiger partial charge in [0.15, 0.2) is 7.14 Å². The molecule has 0 aromatic heterocycles. The Bertz CT molecular complexity index is 1530. The minimum atomic E-state index is -2.94. The summed E-state index contributed by atoms with van der Waals surface area (Å²) in [6, 6.07) is 43.1. The molecule has 0 N–H and O–H groups in total. The SMILES string of the molecule is O=P1(c2ccccc2)c2ccc(C=Cc3ccccc3)cc2-c2cc(C=Cc3ccccc3)ccc21. The van der Waals surface area contributed by atoms with Crippen LogP contribution in [0.25, 0.3) is 35.4 Å². The van der Waals surface area contributed by atoms with Gasteiger partial charge in [-0.15, -0.1) is 0 Å². The van der Waals surface area contributed by atoms with Crippen molar-refractivity contribution in [2.75, 3.05) is 0 Å². The van der Waals surface area contributed by atoms with Crippen LogP contribution in [-0.2, 0) is 4.57 Å². The van der Waals surface area contributed by atoms with E-state index in [0.717, 1.165) is 49.3 Å². The second kappa shape index (κ2) is 9.46. The minimum absolute atomic E-state index is 0.880. The lowest BCUT2D eigenvalue weighted by Crippen LogP contribution is -2.20.